The molecule has 0 unspecified atom stereocenters. The summed E-state index contributed by atoms with van der Waals surface area (Å²) in [5.74, 6) is 1.28. The van der Waals surface area contributed by atoms with E-state index in [9.17, 15) is 0 Å². The Hall–Kier alpha value is -1.89. The van der Waals surface area contributed by atoms with Crippen molar-refractivity contribution in [1.82, 2.24) is 0 Å². The molecule has 0 nitrogen and oxygen atoms in total. The molecule has 1 fully saturated rings. The molecule has 25 heavy (non-hydrogen) atoms. The maximum atomic E-state index is 2.12. The molecule has 1 heteroatoms. The summed E-state index contributed by atoms with van der Waals surface area (Å²) in [7, 11) is 0. The summed E-state index contributed by atoms with van der Waals surface area (Å²) >= 11 is 0. The molecule has 0 spiro atoms. The van der Waals surface area contributed by atoms with Crippen molar-refractivity contribution >= 4 is 0 Å². The second-order valence-corrected chi connectivity index (χ2v) is 5.46. The van der Waals surface area contributed by atoms with Crippen molar-refractivity contribution in [3.63, 3.8) is 0 Å². The summed E-state index contributed by atoms with van der Waals surface area (Å²) in [5, 5.41) is 0. The molecule has 0 amide bonds. The van der Waals surface area contributed by atoms with Gasteiger partial charge in [0.25, 0.3) is 0 Å². The van der Waals surface area contributed by atoms with Gasteiger partial charge in [-0.3, -0.25) is 5.56 Å². The normalized spacial score (nSPS) is 13.2. The van der Waals surface area contributed by atoms with Crippen LogP contribution in [0, 0.1) is 38.0 Å². The molecule has 0 bridgehead atoms. The third-order valence-corrected chi connectivity index (χ3v) is 3.76. The third kappa shape index (κ3) is 6.16. The van der Waals surface area contributed by atoms with Crippen LogP contribution in [0.3, 0.4) is 0 Å². The van der Waals surface area contributed by atoms with Crippen molar-refractivity contribution in [2.24, 2.45) is 0 Å². The minimum Gasteiger partial charge on any atom is -0.723 e. The van der Waals surface area contributed by atoms with Gasteiger partial charge < -0.3 is 38.0 Å². The van der Waals surface area contributed by atoms with Crippen LogP contribution in [0.15, 0.2) is 91.0 Å². The molecule has 0 atom stereocenters. The molecule has 1 saturated carbocycles. The SMILES string of the molecule is [V].c1ccc(-c2ccccc2)cc1.c1ccc([C-]2[CH-][CH-][CH-][CH-][CH-]2)cc1. The fourth-order valence-electron chi connectivity index (χ4n) is 2.52. The van der Waals surface area contributed by atoms with Gasteiger partial charge in [0.1, 0.15) is 0 Å². The van der Waals surface area contributed by atoms with E-state index in [0.29, 0.717) is 0 Å². The van der Waals surface area contributed by atoms with E-state index in [1.807, 2.05) is 24.6 Å². The Balaban J connectivity index is 0.000000173. The Kier molecular flexibility index (Phi) is 8.45. The van der Waals surface area contributed by atoms with Gasteiger partial charge in [-0.2, -0.15) is 12.1 Å². The Morgan fingerprint density at radius 1 is 0.480 bits per heavy atom. The molecular weight excluding hydrogens is 339 g/mol. The second kappa shape index (κ2) is 10.9. The van der Waals surface area contributed by atoms with E-state index in [0.717, 1.165) is 0 Å². The van der Waals surface area contributed by atoms with Crippen molar-refractivity contribution in [2.75, 3.05) is 0 Å². The second-order valence-electron chi connectivity index (χ2n) is 5.46. The van der Waals surface area contributed by atoms with Crippen LogP contribution in [0.25, 0.3) is 11.1 Å². The zero-order valence-electron chi connectivity index (χ0n) is 14.0. The largest absolute Gasteiger partial charge is 0.723 e. The number of rotatable bonds is 2. The van der Waals surface area contributed by atoms with Gasteiger partial charge >= 0.3 is 0 Å². The average molecular weight is 359 g/mol. The molecule has 1 radical (unpaired) electrons. The molecule has 3 aromatic carbocycles. The van der Waals surface area contributed by atoms with Gasteiger partial charge in [-0.15, -0.1) is 12.1 Å². The van der Waals surface area contributed by atoms with Gasteiger partial charge in [-0.05, 0) is 11.1 Å². The summed E-state index contributed by atoms with van der Waals surface area (Å²) < 4.78 is 0. The van der Waals surface area contributed by atoms with Crippen LogP contribution in [0.1, 0.15) is 5.56 Å². The minimum absolute atomic E-state index is 0. The maximum Gasteiger partial charge on any atom is 0 e. The van der Waals surface area contributed by atoms with Crippen molar-refractivity contribution in [1.29, 1.82) is 0 Å². The predicted octanol–water partition coefficient (Wildman–Crippen LogP) is 6.00. The molecule has 1 aliphatic rings. The number of benzene rings is 3. The molecule has 0 saturated heterocycles. The summed E-state index contributed by atoms with van der Waals surface area (Å²) in [6.45, 7) is 0. The summed E-state index contributed by atoms with van der Waals surface area (Å²) in [6.07, 6.45) is 10.4. The van der Waals surface area contributed by atoms with Crippen LogP contribution in [0.2, 0.25) is 0 Å². The standard InChI is InChI=1S/2C12H10.V/c2*1-3-7-11(8-4-1)12-9-5-2-6-10-12;/h2*1-10H;/q;-6;. The summed E-state index contributed by atoms with van der Waals surface area (Å²) in [5.41, 5.74) is 3.83. The molecule has 0 N–H and O–H groups in total. The van der Waals surface area contributed by atoms with Gasteiger partial charge in [-0.1, -0.05) is 66.7 Å². The van der Waals surface area contributed by atoms with E-state index in [2.05, 4.69) is 98.5 Å². The molecule has 0 heterocycles. The molecule has 0 aliphatic heterocycles. The number of hydrogen-bond donors (Lipinski definition) is 0. The average Bonchev–Trinajstić information content (AvgIpc) is 2.71. The van der Waals surface area contributed by atoms with E-state index >= 15 is 0 Å². The molecule has 1 aliphatic carbocycles. The zero-order chi connectivity index (χ0) is 16.5. The van der Waals surface area contributed by atoms with E-state index in [1.165, 1.54) is 22.6 Å². The first kappa shape index (κ1) is 19.4. The first-order valence-electron chi connectivity index (χ1n) is 8.14. The van der Waals surface area contributed by atoms with Crippen LogP contribution < -0.4 is 0 Å². The molecule has 3 aromatic rings. The van der Waals surface area contributed by atoms with Gasteiger partial charge in [-0.25, -0.2) is 0 Å². The smallest absolute Gasteiger partial charge is 0 e. The Bertz CT molecular complexity index is 648. The van der Waals surface area contributed by atoms with Crippen molar-refractivity contribution < 1.29 is 18.6 Å². The summed E-state index contributed by atoms with van der Waals surface area (Å²) in [4.78, 5) is 0. The Morgan fingerprint density at radius 2 is 0.880 bits per heavy atom. The molecular formula is C24H20V-6. The first-order valence-corrected chi connectivity index (χ1v) is 8.14. The molecule has 127 valence electrons. The van der Waals surface area contributed by atoms with Crippen LogP contribution in [-0.2, 0) is 18.6 Å². The van der Waals surface area contributed by atoms with Crippen LogP contribution in [0.4, 0.5) is 0 Å². The zero-order valence-corrected chi connectivity index (χ0v) is 15.4. The summed E-state index contributed by atoms with van der Waals surface area (Å²) in [6, 6.07) is 31.2. The molecule has 4 rings (SSSR count). The van der Waals surface area contributed by atoms with Gasteiger partial charge in [0.15, 0.2) is 0 Å². The number of hydrogen-bond acceptors (Lipinski definition) is 0. The predicted molar refractivity (Wildman–Crippen MR) is 102 cm³/mol. The van der Waals surface area contributed by atoms with Crippen LogP contribution in [-0.4, -0.2) is 0 Å². The third-order valence-electron chi connectivity index (χ3n) is 3.76. The van der Waals surface area contributed by atoms with Crippen molar-refractivity contribution in [2.45, 2.75) is 0 Å². The Labute approximate surface area is 164 Å². The van der Waals surface area contributed by atoms with Crippen molar-refractivity contribution in [3.05, 3.63) is 135 Å². The quantitative estimate of drug-likeness (QED) is 0.493. The van der Waals surface area contributed by atoms with Crippen molar-refractivity contribution in [3.8, 4) is 11.1 Å². The topological polar surface area (TPSA) is 0 Å². The Morgan fingerprint density at radius 3 is 1.32 bits per heavy atom. The molecule has 0 aromatic heterocycles. The van der Waals surface area contributed by atoms with E-state index in [-0.39, 0.29) is 18.6 Å². The van der Waals surface area contributed by atoms with E-state index in [1.54, 1.807) is 0 Å². The monoisotopic (exact) mass is 359 g/mol. The maximum absolute atomic E-state index is 2.12. The minimum atomic E-state index is 0. The van der Waals surface area contributed by atoms with Crippen LogP contribution >= 0.6 is 0 Å². The van der Waals surface area contributed by atoms with Gasteiger partial charge in [0, 0.05) is 18.6 Å². The van der Waals surface area contributed by atoms with Gasteiger partial charge in [0.05, 0.1) is 0 Å². The van der Waals surface area contributed by atoms with E-state index in [4.69, 9.17) is 0 Å². The fraction of sp³-hybridized carbons (Fsp3) is 0. The van der Waals surface area contributed by atoms with E-state index < -0.39 is 0 Å². The van der Waals surface area contributed by atoms with Crippen LogP contribution in [0.5, 0.6) is 0 Å². The first-order chi connectivity index (χ1) is 11.9. The van der Waals surface area contributed by atoms with Gasteiger partial charge in [0.2, 0.25) is 0 Å². The fourth-order valence-corrected chi connectivity index (χ4v) is 2.52.